The lowest BCUT2D eigenvalue weighted by molar-refractivity contribution is -0.133. The number of rotatable bonds is 2. The number of alkyl halides is 1. The van der Waals surface area contributed by atoms with Gasteiger partial charge in [-0.3, -0.25) is 4.79 Å². The van der Waals surface area contributed by atoms with E-state index in [2.05, 4.69) is 4.43 Å². The van der Waals surface area contributed by atoms with Crippen LogP contribution in [0, 0.1) is 0 Å². The van der Waals surface area contributed by atoms with Crippen molar-refractivity contribution in [2.45, 2.75) is 5.38 Å². The van der Waals surface area contributed by atoms with Crippen molar-refractivity contribution < 1.29 is 9.22 Å². The number of benzene rings is 1. The molecule has 0 aliphatic rings. The second kappa shape index (κ2) is 4.28. The minimum Gasteiger partial charge on any atom is -0.527 e. The highest BCUT2D eigenvalue weighted by molar-refractivity contribution is 6.31. The van der Waals surface area contributed by atoms with Crippen LogP contribution >= 0.6 is 11.6 Å². The molecular formula is C8H9ClO2Si. The quantitative estimate of drug-likeness (QED) is 0.521. The minimum absolute atomic E-state index is 0.366. The van der Waals surface area contributed by atoms with Crippen LogP contribution in [-0.2, 0) is 9.22 Å². The Balaban J connectivity index is 2.78. The highest BCUT2D eigenvalue weighted by Gasteiger charge is 2.16. The van der Waals surface area contributed by atoms with Gasteiger partial charge in [0.25, 0.3) is 0 Å². The molecule has 0 aliphatic heterocycles. The lowest BCUT2D eigenvalue weighted by Crippen LogP contribution is -2.08. The molecule has 1 aromatic carbocycles. The molecule has 0 heterocycles. The molecule has 1 rings (SSSR count). The summed E-state index contributed by atoms with van der Waals surface area (Å²) in [4.78, 5) is 11.0. The van der Waals surface area contributed by atoms with Gasteiger partial charge in [-0.2, -0.15) is 0 Å². The molecule has 0 radical (unpaired) electrons. The first-order valence-corrected chi connectivity index (χ1v) is 4.78. The molecule has 0 fully saturated rings. The topological polar surface area (TPSA) is 26.3 Å². The molecule has 0 saturated heterocycles. The fourth-order valence-electron chi connectivity index (χ4n) is 0.862. The van der Waals surface area contributed by atoms with Gasteiger partial charge in [0.15, 0.2) is 5.38 Å². The zero-order valence-corrected chi connectivity index (χ0v) is 9.41. The summed E-state index contributed by atoms with van der Waals surface area (Å²) in [6.45, 7) is 0. The number of hydrogen-bond donors (Lipinski definition) is 0. The number of hydrogen-bond acceptors (Lipinski definition) is 2. The van der Waals surface area contributed by atoms with Gasteiger partial charge in [0.05, 0.1) is 0 Å². The molecule has 0 N–H and O–H groups in total. The van der Waals surface area contributed by atoms with Crippen LogP contribution in [0.2, 0.25) is 0 Å². The molecule has 1 atom stereocenters. The number of carbonyl (C=O) groups is 1. The van der Waals surface area contributed by atoms with Crippen molar-refractivity contribution in [3.63, 3.8) is 0 Å². The van der Waals surface area contributed by atoms with E-state index in [1.54, 1.807) is 12.1 Å². The number of carbonyl (C=O) groups excluding carboxylic acids is 1. The second-order valence-electron chi connectivity index (χ2n) is 2.30. The van der Waals surface area contributed by atoms with Gasteiger partial charge in [-0.15, -0.1) is 11.6 Å². The van der Waals surface area contributed by atoms with Gasteiger partial charge >= 0.3 is 5.97 Å². The van der Waals surface area contributed by atoms with Crippen molar-refractivity contribution in [3.8, 4) is 0 Å². The monoisotopic (exact) mass is 200 g/mol. The Kier molecular flexibility index (Phi) is 3.31. The largest absolute Gasteiger partial charge is 0.527 e. The lowest BCUT2D eigenvalue weighted by atomic mass is 10.1. The van der Waals surface area contributed by atoms with E-state index < -0.39 is 5.38 Å². The molecular weight excluding hydrogens is 192 g/mol. The van der Waals surface area contributed by atoms with Gasteiger partial charge in [-0.25, -0.2) is 0 Å². The van der Waals surface area contributed by atoms with E-state index in [0.29, 0.717) is 10.5 Å². The molecule has 0 bridgehead atoms. The summed E-state index contributed by atoms with van der Waals surface area (Å²) in [7, 11) is 0.388. The average Bonchev–Trinajstić information content (AvgIpc) is 2.17. The predicted molar refractivity (Wildman–Crippen MR) is 51.1 cm³/mol. The van der Waals surface area contributed by atoms with E-state index >= 15 is 0 Å². The van der Waals surface area contributed by atoms with Crippen molar-refractivity contribution in [2.75, 3.05) is 0 Å². The molecule has 64 valence electrons. The molecule has 0 aromatic heterocycles. The van der Waals surface area contributed by atoms with Crippen LogP contribution in [0.5, 0.6) is 0 Å². The third-order valence-electron chi connectivity index (χ3n) is 1.50. The summed E-state index contributed by atoms with van der Waals surface area (Å²) in [6.07, 6.45) is 0. The Morgan fingerprint density at radius 2 is 2.00 bits per heavy atom. The minimum atomic E-state index is -0.663. The van der Waals surface area contributed by atoms with Crippen LogP contribution in [0.3, 0.4) is 0 Å². The highest BCUT2D eigenvalue weighted by Crippen LogP contribution is 2.20. The Morgan fingerprint density at radius 1 is 1.42 bits per heavy atom. The first-order chi connectivity index (χ1) is 5.75. The van der Waals surface area contributed by atoms with Crippen LogP contribution in [0.4, 0.5) is 0 Å². The van der Waals surface area contributed by atoms with Crippen LogP contribution in [-0.4, -0.2) is 16.5 Å². The standard InChI is InChI=1S/C8H9ClO2Si/c9-7(8(10)11-12)6-4-2-1-3-5-6/h1-5,7H,12H3. The Labute approximate surface area is 79.0 Å². The second-order valence-corrected chi connectivity index (χ2v) is 3.14. The summed E-state index contributed by atoms with van der Waals surface area (Å²) in [5.41, 5.74) is 0.778. The lowest BCUT2D eigenvalue weighted by Gasteiger charge is -2.06. The third kappa shape index (κ3) is 2.09. The van der Waals surface area contributed by atoms with Crippen molar-refractivity contribution >= 4 is 28.1 Å². The van der Waals surface area contributed by atoms with Crippen LogP contribution in [0.15, 0.2) is 30.3 Å². The summed E-state index contributed by atoms with van der Waals surface area (Å²) in [6, 6.07) is 9.15. The van der Waals surface area contributed by atoms with E-state index in [0.717, 1.165) is 5.56 Å². The Bertz CT molecular complexity index is 263. The normalized spacial score (nSPS) is 12.4. The maximum absolute atomic E-state index is 11.0. The molecule has 2 nitrogen and oxygen atoms in total. The first-order valence-electron chi connectivity index (χ1n) is 3.52. The zero-order valence-electron chi connectivity index (χ0n) is 6.66. The van der Waals surface area contributed by atoms with E-state index in [1.165, 1.54) is 0 Å². The van der Waals surface area contributed by atoms with Crippen LogP contribution < -0.4 is 0 Å². The molecule has 1 aromatic rings. The molecule has 0 saturated carbocycles. The Hall–Kier alpha value is -0.803. The summed E-state index contributed by atoms with van der Waals surface area (Å²) >= 11 is 5.80. The fraction of sp³-hybridized carbons (Fsp3) is 0.125. The van der Waals surface area contributed by atoms with Crippen molar-refractivity contribution in [1.29, 1.82) is 0 Å². The summed E-state index contributed by atoms with van der Waals surface area (Å²) < 4.78 is 4.63. The summed E-state index contributed by atoms with van der Waals surface area (Å²) in [5, 5.41) is -0.663. The van der Waals surface area contributed by atoms with Gasteiger partial charge in [0, 0.05) is 0 Å². The van der Waals surface area contributed by atoms with E-state index in [1.807, 2.05) is 18.2 Å². The van der Waals surface area contributed by atoms with E-state index in [9.17, 15) is 4.79 Å². The molecule has 1 unspecified atom stereocenters. The SMILES string of the molecule is O=C(O[SiH3])C(Cl)c1ccccc1. The highest BCUT2D eigenvalue weighted by atomic mass is 35.5. The smallest absolute Gasteiger partial charge is 0.314 e. The molecule has 12 heavy (non-hydrogen) atoms. The van der Waals surface area contributed by atoms with Crippen LogP contribution in [0.1, 0.15) is 10.9 Å². The fourth-order valence-corrected chi connectivity index (χ4v) is 1.48. The van der Waals surface area contributed by atoms with Gasteiger partial charge < -0.3 is 4.43 Å². The summed E-state index contributed by atoms with van der Waals surface area (Å²) in [5.74, 6) is -0.366. The average molecular weight is 201 g/mol. The van der Waals surface area contributed by atoms with Gasteiger partial charge in [0.2, 0.25) is 10.5 Å². The molecule has 0 amide bonds. The van der Waals surface area contributed by atoms with Crippen molar-refractivity contribution in [3.05, 3.63) is 35.9 Å². The molecule has 0 spiro atoms. The first kappa shape index (κ1) is 9.29. The number of halogens is 1. The van der Waals surface area contributed by atoms with Gasteiger partial charge in [-0.05, 0) is 5.56 Å². The van der Waals surface area contributed by atoms with Gasteiger partial charge in [-0.1, -0.05) is 30.3 Å². The van der Waals surface area contributed by atoms with E-state index in [4.69, 9.17) is 11.6 Å². The maximum atomic E-state index is 11.0. The maximum Gasteiger partial charge on any atom is 0.314 e. The van der Waals surface area contributed by atoms with E-state index in [-0.39, 0.29) is 5.97 Å². The molecule has 0 aliphatic carbocycles. The zero-order chi connectivity index (χ0) is 8.97. The third-order valence-corrected chi connectivity index (χ3v) is 2.33. The predicted octanol–water partition coefficient (Wildman–Crippen LogP) is 0.790. The van der Waals surface area contributed by atoms with Crippen molar-refractivity contribution in [2.24, 2.45) is 0 Å². The van der Waals surface area contributed by atoms with Crippen LogP contribution in [0.25, 0.3) is 0 Å². The van der Waals surface area contributed by atoms with Crippen molar-refractivity contribution in [1.82, 2.24) is 0 Å². The molecule has 4 heteroatoms. The van der Waals surface area contributed by atoms with Gasteiger partial charge in [0.1, 0.15) is 0 Å². The Morgan fingerprint density at radius 3 is 2.50 bits per heavy atom.